The number of rotatable bonds is 2. The van der Waals surface area contributed by atoms with Crippen LogP contribution in [0.2, 0.25) is 0 Å². The van der Waals surface area contributed by atoms with Crippen molar-refractivity contribution in [3.8, 4) is 5.75 Å². The van der Waals surface area contributed by atoms with Crippen molar-refractivity contribution in [1.82, 2.24) is 0 Å². The van der Waals surface area contributed by atoms with Gasteiger partial charge in [0.25, 0.3) is 0 Å². The molecule has 1 aromatic rings. The van der Waals surface area contributed by atoms with Gasteiger partial charge in [0.05, 0.1) is 5.92 Å². The SMILES string of the molecule is CC(C(=O)O)C1C2=C(C=CSC2)Oc2ccccc21. The van der Waals surface area contributed by atoms with Crippen LogP contribution in [0.15, 0.2) is 47.1 Å². The van der Waals surface area contributed by atoms with E-state index < -0.39 is 11.9 Å². The molecule has 0 aliphatic carbocycles. The van der Waals surface area contributed by atoms with E-state index in [4.69, 9.17) is 4.74 Å². The van der Waals surface area contributed by atoms with Gasteiger partial charge in [-0.1, -0.05) is 25.1 Å². The van der Waals surface area contributed by atoms with Crippen LogP contribution >= 0.6 is 11.8 Å². The Kier molecular flexibility index (Phi) is 3.11. The molecule has 2 aliphatic rings. The number of aliphatic carboxylic acids is 1. The number of carboxylic acids is 1. The number of ether oxygens (including phenoxy) is 1. The number of carboxylic acid groups (broad SMARTS) is 1. The highest BCUT2D eigenvalue weighted by Gasteiger charge is 2.36. The molecule has 0 saturated carbocycles. The molecule has 0 aromatic heterocycles. The molecule has 4 heteroatoms. The van der Waals surface area contributed by atoms with Gasteiger partial charge in [0, 0.05) is 17.2 Å². The number of fused-ring (bicyclic) bond motifs is 1. The first-order valence-electron chi connectivity index (χ1n) is 6.19. The lowest BCUT2D eigenvalue weighted by molar-refractivity contribution is -0.141. The van der Waals surface area contributed by atoms with E-state index in [1.165, 1.54) is 0 Å². The molecule has 0 radical (unpaired) electrons. The zero-order valence-corrected chi connectivity index (χ0v) is 11.3. The predicted molar refractivity (Wildman–Crippen MR) is 75.2 cm³/mol. The standard InChI is InChI=1S/C15H14O3S/c1-9(15(16)17)14-10-4-2-3-5-12(10)18-13-6-7-19-8-11(13)14/h2-7,9,14H,8H2,1H3,(H,16,17). The van der Waals surface area contributed by atoms with Gasteiger partial charge in [-0.2, -0.15) is 0 Å². The summed E-state index contributed by atoms with van der Waals surface area (Å²) in [5.74, 6) is 1.05. The lowest BCUT2D eigenvalue weighted by atomic mass is 9.79. The maximum absolute atomic E-state index is 11.4. The van der Waals surface area contributed by atoms with E-state index in [1.54, 1.807) is 18.7 Å². The molecule has 2 heterocycles. The van der Waals surface area contributed by atoms with Gasteiger partial charge >= 0.3 is 5.97 Å². The molecule has 2 aliphatic heterocycles. The summed E-state index contributed by atoms with van der Waals surface area (Å²) in [4.78, 5) is 11.4. The van der Waals surface area contributed by atoms with Crippen LogP contribution in [0.1, 0.15) is 18.4 Å². The summed E-state index contributed by atoms with van der Waals surface area (Å²) in [6, 6.07) is 7.71. The van der Waals surface area contributed by atoms with Gasteiger partial charge in [0.1, 0.15) is 11.5 Å². The summed E-state index contributed by atoms with van der Waals surface area (Å²) < 4.78 is 5.88. The number of hydrogen-bond acceptors (Lipinski definition) is 3. The molecule has 0 saturated heterocycles. The fraction of sp³-hybridized carbons (Fsp3) is 0.267. The number of hydrogen-bond donors (Lipinski definition) is 1. The van der Waals surface area contributed by atoms with Crippen molar-refractivity contribution >= 4 is 17.7 Å². The third-order valence-corrected chi connectivity index (χ3v) is 4.42. The molecule has 2 atom stereocenters. The average molecular weight is 274 g/mol. The zero-order valence-electron chi connectivity index (χ0n) is 10.5. The second kappa shape index (κ2) is 4.78. The van der Waals surface area contributed by atoms with Gasteiger partial charge in [-0.3, -0.25) is 4.79 Å². The lowest BCUT2D eigenvalue weighted by Crippen LogP contribution is -2.27. The second-order valence-corrected chi connectivity index (χ2v) is 5.64. The summed E-state index contributed by atoms with van der Waals surface area (Å²) in [6.07, 6.45) is 1.93. The van der Waals surface area contributed by atoms with Crippen LogP contribution in [0, 0.1) is 5.92 Å². The van der Waals surface area contributed by atoms with Crippen molar-refractivity contribution in [3.63, 3.8) is 0 Å². The summed E-state index contributed by atoms with van der Waals surface area (Å²) in [6.45, 7) is 1.77. The third kappa shape index (κ3) is 2.06. The number of benzene rings is 1. The Labute approximate surface area is 116 Å². The van der Waals surface area contributed by atoms with Crippen molar-refractivity contribution in [2.75, 3.05) is 5.75 Å². The van der Waals surface area contributed by atoms with E-state index in [2.05, 4.69) is 0 Å². The molecule has 3 nitrogen and oxygen atoms in total. The van der Waals surface area contributed by atoms with Gasteiger partial charge in [-0.25, -0.2) is 0 Å². The molecule has 1 aromatic carbocycles. The molecule has 0 spiro atoms. The third-order valence-electron chi connectivity index (χ3n) is 3.61. The Morgan fingerprint density at radius 1 is 1.47 bits per heavy atom. The van der Waals surface area contributed by atoms with E-state index in [-0.39, 0.29) is 5.92 Å². The van der Waals surface area contributed by atoms with E-state index in [0.717, 1.165) is 28.4 Å². The minimum absolute atomic E-state index is 0.102. The van der Waals surface area contributed by atoms with Crippen LogP contribution in [0.3, 0.4) is 0 Å². The first kappa shape index (κ1) is 12.4. The molecular formula is C15H14O3S. The maximum Gasteiger partial charge on any atom is 0.307 e. The average Bonchev–Trinajstić information content (AvgIpc) is 2.43. The van der Waals surface area contributed by atoms with Gasteiger partial charge in [-0.15, -0.1) is 11.8 Å². The predicted octanol–water partition coefficient (Wildman–Crippen LogP) is 3.40. The minimum Gasteiger partial charge on any atom is -0.481 e. The van der Waals surface area contributed by atoms with Crippen LogP contribution in [-0.2, 0) is 4.79 Å². The number of thioether (sulfide) groups is 1. The Morgan fingerprint density at radius 2 is 2.26 bits per heavy atom. The van der Waals surface area contributed by atoms with Crippen molar-refractivity contribution in [2.45, 2.75) is 12.8 Å². The number of carbonyl (C=O) groups is 1. The van der Waals surface area contributed by atoms with Crippen LogP contribution in [0.5, 0.6) is 5.75 Å². The zero-order chi connectivity index (χ0) is 13.4. The number of para-hydroxylation sites is 1. The fourth-order valence-electron chi connectivity index (χ4n) is 2.62. The molecule has 98 valence electrons. The van der Waals surface area contributed by atoms with E-state index >= 15 is 0 Å². The first-order valence-corrected chi connectivity index (χ1v) is 7.24. The smallest absolute Gasteiger partial charge is 0.307 e. The van der Waals surface area contributed by atoms with Crippen LogP contribution in [0.25, 0.3) is 0 Å². The Morgan fingerprint density at radius 3 is 3.05 bits per heavy atom. The van der Waals surface area contributed by atoms with E-state index in [1.807, 2.05) is 35.7 Å². The van der Waals surface area contributed by atoms with Gasteiger partial charge in [0.2, 0.25) is 0 Å². The van der Waals surface area contributed by atoms with Gasteiger partial charge in [-0.05, 0) is 23.1 Å². The summed E-state index contributed by atoms with van der Waals surface area (Å²) in [7, 11) is 0. The molecule has 19 heavy (non-hydrogen) atoms. The van der Waals surface area contributed by atoms with Crippen molar-refractivity contribution in [3.05, 3.63) is 52.6 Å². The summed E-state index contributed by atoms with van der Waals surface area (Å²) in [5.41, 5.74) is 2.06. The molecule has 1 N–H and O–H groups in total. The quantitative estimate of drug-likeness (QED) is 0.898. The largest absolute Gasteiger partial charge is 0.481 e. The van der Waals surface area contributed by atoms with Crippen LogP contribution in [0.4, 0.5) is 0 Å². The minimum atomic E-state index is -0.770. The normalized spacial score (nSPS) is 22.3. The van der Waals surface area contributed by atoms with Gasteiger partial charge < -0.3 is 9.84 Å². The number of allylic oxidation sites excluding steroid dienone is 1. The Hall–Kier alpha value is -1.68. The molecule has 0 bridgehead atoms. The van der Waals surface area contributed by atoms with E-state index in [0.29, 0.717) is 0 Å². The van der Waals surface area contributed by atoms with Crippen molar-refractivity contribution < 1.29 is 14.6 Å². The molecule has 0 fully saturated rings. The van der Waals surface area contributed by atoms with Crippen LogP contribution < -0.4 is 4.74 Å². The fourth-order valence-corrected chi connectivity index (χ4v) is 3.44. The highest BCUT2D eigenvalue weighted by atomic mass is 32.2. The molecule has 0 amide bonds. The Bertz CT molecular complexity index is 589. The lowest BCUT2D eigenvalue weighted by Gasteiger charge is -2.33. The molecule has 3 rings (SSSR count). The molecular weight excluding hydrogens is 260 g/mol. The van der Waals surface area contributed by atoms with Crippen LogP contribution in [-0.4, -0.2) is 16.8 Å². The Balaban J connectivity index is 2.13. The van der Waals surface area contributed by atoms with Crippen molar-refractivity contribution in [2.24, 2.45) is 5.92 Å². The molecule has 2 unspecified atom stereocenters. The van der Waals surface area contributed by atoms with Gasteiger partial charge in [0.15, 0.2) is 0 Å². The first-order chi connectivity index (χ1) is 9.18. The summed E-state index contributed by atoms with van der Waals surface area (Å²) in [5, 5.41) is 11.4. The highest BCUT2D eigenvalue weighted by Crippen LogP contribution is 2.46. The monoisotopic (exact) mass is 274 g/mol. The van der Waals surface area contributed by atoms with Crippen molar-refractivity contribution in [1.29, 1.82) is 0 Å². The van der Waals surface area contributed by atoms with E-state index in [9.17, 15) is 9.90 Å². The summed E-state index contributed by atoms with van der Waals surface area (Å²) >= 11 is 1.68. The maximum atomic E-state index is 11.4. The highest BCUT2D eigenvalue weighted by molar-refractivity contribution is 8.02. The topological polar surface area (TPSA) is 46.5 Å². The second-order valence-electron chi connectivity index (χ2n) is 4.75.